The quantitative estimate of drug-likeness (QED) is 0.0821. The second-order valence-electron chi connectivity index (χ2n) is 28.7. The van der Waals surface area contributed by atoms with Crippen molar-refractivity contribution < 1.29 is 194 Å². The van der Waals surface area contributed by atoms with Crippen molar-refractivity contribution in [2.45, 2.75) is 69.7 Å². The van der Waals surface area contributed by atoms with E-state index in [0.29, 0.717) is 435 Å². The van der Waals surface area contributed by atoms with Crippen LogP contribution in [0.1, 0.15) is 64.2 Å². The number of carbonyl (C=O) groups excluding carboxylic acids is 4. The van der Waals surface area contributed by atoms with Crippen LogP contribution >= 0.6 is 0 Å². The maximum atomic E-state index is 13.6. The maximum absolute atomic E-state index is 13.6. The van der Waals surface area contributed by atoms with Crippen molar-refractivity contribution in [3.8, 4) is 0 Å². The number of hydrogen-bond donors (Lipinski definition) is 2. The summed E-state index contributed by atoms with van der Waals surface area (Å²) >= 11 is 0. The first-order valence-electron chi connectivity index (χ1n) is 47.5. The summed E-state index contributed by atoms with van der Waals surface area (Å²) in [5.74, 6) is -0.476. The Morgan fingerprint density at radius 2 is 0.301 bits per heavy atom. The van der Waals surface area contributed by atoms with E-state index < -0.39 is 5.54 Å². The summed E-state index contributed by atoms with van der Waals surface area (Å²) in [6.45, 7) is 29.1. The van der Waals surface area contributed by atoms with Gasteiger partial charge >= 0.3 is 0 Å². The van der Waals surface area contributed by atoms with Crippen LogP contribution in [0.15, 0.2) is 0 Å². The average molecular weight is 1940 g/mol. The average Bonchev–Trinajstić information content (AvgIpc) is 0.853. The van der Waals surface area contributed by atoms with Gasteiger partial charge in [0.1, 0.15) is 22.9 Å². The van der Waals surface area contributed by atoms with E-state index in [-0.39, 0.29) is 128 Å². The molecule has 0 atom stereocenters. The third kappa shape index (κ3) is 111. The van der Waals surface area contributed by atoms with Gasteiger partial charge in [-0.3, -0.25) is 19.2 Å². The van der Waals surface area contributed by atoms with Crippen molar-refractivity contribution in [3.05, 3.63) is 0 Å². The molecule has 0 saturated carbocycles. The fourth-order valence-electron chi connectivity index (χ4n) is 10.5. The van der Waals surface area contributed by atoms with Crippen molar-refractivity contribution in [2.75, 3.05) is 497 Å². The first-order valence-corrected chi connectivity index (χ1v) is 47.5. The van der Waals surface area contributed by atoms with E-state index in [1.165, 1.54) is 0 Å². The van der Waals surface area contributed by atoms with Crippen LogP contribution in [0.2, 0.25) is 0 Å². The van der Waals surface area contributed by atoms with Crippen molar-refractivity contribution in [1.82, 2.24) is 5.32 Å². The zero-order valence-electron chi connectivity index (χ0n) is 81.3. The predicted octanol–water partition coefficient (Wildman–Crippen LogP) is 1.91. The third-order valence-electron chi connectivity index (χ3n) is 17.4. The van der Waals surface area contributed by atoms with Gasteiger partial charge in [-0.05, 0) is 19.3 Å². The minimum atomic E-state index is -1.28. The van der Waals surface area contributed by atoms with Crippen molar-refractivity contribution in [1.29, 1.82) is 0 Å². The Morgan fingerprint density at radius 1 is 0.165 bits per heavy atom. The fraction of sp³-hybridized carbons (Fsp3) is 0.956. The lowest BCUT2D eigenvalue weighted by molar-refractivity contribution is -0.131. The Labute approximate surface area is 792 Å². The molecule has 1 amide bonds. The zero-order valence-corrected chi connectivity index (χ0v) is 81.3. The monoisotopic (exact) mass is 1940 g/mol. The molecule has 0 aliphatic rings. The molecular weight excluding hydrogens is 1760 g/mol. The van der Waals surface area contributed by atoms with E-state index in [9.17, 15) is 19.2 Å². The van der Waals surface area contributed by atoms with Crippen LogP contribution in [0.25, 0.3) is 0 Å². The van der Waals surface area contributed by atoms with Crippen LogP contribution in [0, 0.1) is 0 Å². The van der Waals surface area contributed by atoms with E-state index >= 15 is 0 Å². The van der Waals surface area contributed by atoms with Crippen LogP contribution in [0.5, 0.6) is 0 Å². The molecule has 0 fully saturated rings. The smallest absolute Gasteiger partial charge is 0.222 e. The molecule has 792 valence electrons. The van der Waals surface area contributed by atoms with E-state index in [1.807, 2.05) is 0 Å². The van der Waals surface area contributed by atoms with Gasteiger partial charge in [0, 0.05) is 92.6 Å². The summed E-state index contributed by atoms with van der Waals surface area (Å²) in [7, 11) is 4.90. The molecule has 43 heteroatoms. The number of hydrogen-bond acceptors (Lipinski definition) is 42. The summed E-state index contributed by atoms with van der Waals surface area (Å²) in [5, 5.41) is 3.03. The van der Waals surface area contributed by atoms with E-state index in [0.717, 1.165) is 0 Å². The predicted molar refractivity (Wildman–Crippen MR) is 485 cm³/mol. The van der Waals surface area contributed by atoms with Crippen LogP contribution in [0.4, 0.5) is 0 Å². The molecule has 0 aromatic heterocycles. The number of carbonyl (C=O) groups is 4. The van der Waals surface area contributed by atoms with Gasteiger partial charge in [-0.2, -0.15) is 0 Å². The van der Waals surface area contributed by atoms with Gasteiger partial charge in [-0.25, -0.2) is 0 Å². The minimum Gasteiger partial charge on any atom is -0.382 e. The number of amides is 1. The molecule has 0 saturated heterocycles. The van der Waals surface area contributed by atoms with E-state index in [1.54, 1.807) is 21.3 Å². The van der Waals surface area contributed by atoms with Crippen LogP contribution < -0.4 is 11.1 Å². The molecule has 3 N–H and O–H groups in total. The standard InChI is InChI=1S/C90H176N2O41/c1-97-23-26-104-35-38-110-47-50-116-59-62-122-71-74-128-80-77-125-68-65-119-56-53-113-44-41-107-32-29-100-15-4-7-86(93)10-18-131-83-90(92-89(96)13-21-103-22-14-91,84-132-19-11-87(94)8-5-16-101-30-33-108-42-45-114-54-57-120-66-69-126-78-81-129-75-72-123-63-60-117-51-48-111-39-36-105-27-24-98-2)85-133-20-12-88(95)9-6-17-102-31-34-109-43-46-115-55-58-121-67-70-127-79-82-130-76-73-124-64-61-118-52-49-112-40-37-106-28-25-99-3/h4-85,91H2,1-3H3,(H,92,96). The number of ketones is 3. The molecule has 0 aromatic rings. The van der Waals surface area contributed by atoms with Gasteiger partial charge in [-0.1, -0.05) is 0 Å². The first-order chi connectivity index (χ1) is 65.8. The van der Waals surface area contributed by atoms with E-state index in [4.69, 9.17) is 181 Å². The molecule has 0 heterocycles. The topological polar surface area (TPSA) is 448 Å². The Morgan fingerprint density at radius 3 is 0.451 bits per heavy atom. The summed E-state index contributed by atoms with van der Waals surface area (Å²) in [5.41, 5.74) is 4.34. The SMILES string of the molecule is COCCOCCOCCOCCOCCOCCOCCOCCOCCOCCOCCCC(=O)CCOCC(COCCC(=O)CCCOCCOCCOCCOCCOCCOCCOCCOCCOCCOCCOC)(COCCC(=O)CCCOCCOCCOCCOCCOCCOCCOCCOCCOCCOCCOC)NC(=O)CCOCCN. The molecule has 0 rings (SSSR count). The first kappa shape index (κ1) is 130. The Bertz CT molecular complexity index is 2070. The lowest BCUT2D eigenvalue weighted by Gasteiger charge is -2.34. The van der Waals surface area contributed by atoms with Crippen LogP contribution in [-0.4, -0.2) is 526 Å². The zero-order chi connectivity index (χ0) is 95.7. The summed E-state index contributed by atoms with van der Waals surface area (Å²) in [4.78, 5) is 52.7. The number of nitrogens with two attached hydrogens (primary N) is 1. The molecule has 133 heavy (non-hydrogen) atoms. The van der Waals surface area contributed by atoms with Gasteiger partial charge in [0.15, 0.2) is 0 Å². The molecule has 43 nitrogen and oxygen atoms in total. The lowest BCUT2D eigenvalue weighted by atomic mass is 10.0. The summed E-state index contributed by atoms with van der Waals surface area (Å²) in [6.07, 6.45) is 2.62. The van der Waals surface area contributed by atoms with Crippen molar-refractivity contribution in [2.24, 2.45) is 5.73 Å². The molecule has 0 bridgehead atoms. The van der Waals surface area contributed by atoms with Crippen molar-refractivity contribution >= 4 is 23.3 Å². The van der Waals surface area contributed by atoms with Gasteiger partial charge in [0.25, 0.3) is 0 Å². The van der Waals surface area contributed by atoms with Gasteiger partial charge in [0.05, 0.1) is 449 Å². The number of Topliss-reactive ketones (excluding diaryl/α,β-unsaturated/α-hetero) is 3. The Balaban J connectivity index is 4.70. The molecule has 0 aliphatic carbocycles. The molecule has 0 radical (unpaired) electrons. The second-order valence-corrected chi connectivity index (χ2v) is 28.7. The molecule has 0 aromatic carbocycles. The van der Waals surface area contributed by atoms with Gasteiger partial charge < -0.3 is 186 Å². The normalized spacial score (nSPS) is 11.8. The number of nitrogens with one attached hydrogen (secondary N) is 1. The van der Waals surface area contributed by atoms with Crippen LogP contribution in [-0.2, 0) is 194 Å². The number of methoxy groups -OCH3 is 3. The fourth-order valence-corrected chi connectivity index (χ4v) is 10.5. The highest BCUT2D eigenvalue weighted by Gasteiger charge is 2.34. The summed E-state index contributed by atoms with van der Waals surface area (Å²) < 4.78 is 205. The summed E-state index contributed by atoms with van der Waals surface area (Å²) in [6, 6.07) is 0. The highest BCUT2D eigenvalue weighted by Crippen LogP contribution is 2.13. The largest absolute Gasteiger partial charge is 0.382 e. The highest BCUT2D eigenvalue weighted by molar-refractivity contribution is 5.79. The molecule has 0 unspecified atom stereocenters. The van der Waals surface area contributed by atoms with E-state index in [2.05, 4.69) is 5.32 Å². The van der Waals surface area contributed by atoms with Crippen LogP contribution in [0.3, 0.4) is 0 Å². The minimum absolute atomic E-state index is 0.00657. The molecule has 0 spiro atoms. The molecular formula is C90H176N2O41. The highest BCUT2D eigenvalue weighted by atomic mass is 16.6. The van der Waals surface area contributed by atoms with Gasteiger partial charge in [-0.15, -0.1) is 0 Å². The van der Waals surface area contributed by atoms with Crippen molar-refractivity contribution in [3.63, 3.8) is 0 Å². The number of rotatable bonds is 123. The van der Waals surface area contributed by atoms with Gasteiger partial charge in [0.2, 0.25) is 5.91 Å². The molecule has 0 aliphatic heterocycles. The Hall–Kier alpha value is -3.04. The maximum Gasteiger partial charge on any atom is 0.222 e. The third-order valence-corrected chi connectivity index (χ3v) is 17.4. The second kappa shape index (κ2) is 116. The Kier molecular flexibility index (Phi) is 113. The lowest BCUT2D eigenvalue weighted by Crippen LogP contribution is -2.59. The number of ether oxygens (including phenoxy) is 37.